The molecule has 1 heterocycles. The Hall–Kier alpha value is -0.540. The molecule has 70 valence electrons. The van der Waals surface area contributed by atoms with Crippen LogP contribution in [0.2, 0.25) is 0 Å². The van der Waals surface area contributed by atoms with E-state index in [1.807, 2.05) is 33.8 Å². The maximum atomic E-state index is 5.32. The molecule has 1 aliphatic heterocycles. The van der Waals surface area contributed by atoms with Gasteiger partial charge >= 0.3 is 0 Å². The standard InChI is InChI=1S/C9H17NO2/c1-8(2)6-7(10-12-8)9(3,4)11-5/h6,10H,1-5H3. The van der Waals surface area contributed by atoms with Crippen LogP contribution in [0.4, 0.5) is 0 Å². The lowest BCUT2D eigenvalue weighted by Gasteiger charge is -2.23. The van der Waals surface area contributed by atoms with Crippen molar-refractivity contribution in [3.05, 3.63) is 11.8 Å². The molecular weight excluding hydrogens is 154 g/mol. The van der Waals surface area contributed by atoms with E-state index in [0.29, 0.717) is 0 Å². The molecule has 3 heteroatoms. The second-order valence-corrected chi connectivity index (χ2v) is 4.08. The van der Waals surface area contributed by atoms with E-state index >= 15 is 0 Å². The summed E-state index contributed by atoms with van der Waals surface area (Å²) in [5, 5.41) is 0. The van der Waals surface area contributed by atoms with Crippen molar-refractivity contribution >= 4 is 0 Å². The number of hydrogen-bond acceptors (Lipinski definition) is 3. The molecule has 0 radical (unpaired) electrons. The first kappa shape index (κ1) is 9.55. The van der Waals surface area contributed by atoms with Crippen molar-refractivity contribution in [1.82, 2.24) is 5.48 Å². The van der Waals surface area contributed by atoms with Gasteiger partial charge in [0.1, 0.15) is 11.2 Å². The Morgan fingerprint density at radius 1 is 1.50 bits per heavy atom. The Bertz CT molecular complexity index is 207. The van der Waals surface area contributed by atoms with Crippen molar-refractivity contribution in [3.63, 3.8) is 0 Å². The highest BCUT2D eigenvalue weighted by molar-refractivity contribution is 5.19. The van der Waals surface area contributed by atoms with Crippen LogP contribution in [0.15, 0.2) is 11.8 Å². The van der Waals surface area contributed by atoms with Crippen LogP contribution in [-0.4, -0.2) is 18.3 Å². The minimum Gasteiger partial charge on any atom is -0.373 e. The van der Waals surface area contributed by atoms with Crippen molar-refractivity contribution in [2.24, 2.45) is 0 Å². The van der Waals surface area contributed by atoms with Crippen molar-refractivity contribution in [2.45, 2.75) is 38.9 Å². The van der Waals surface area contributed by atoms with E-state index in [2.05, 4.69) is 5.48 Å². The smallest absolute Gasteiger partial charge is 0.111 e. The molecule has 0 bridgehead atoms. The third-order valence-corrected chi connectivity index (χ3v) is 2.07. The van der Waals surface area contributed by atoms with Gasteiger partial charge in [0.25, 0.3) is 0 Å². The highest BCUT2D eigenvalue weighted by Gasteiger charge is 2.32. The Labute approximate surface area is 73.7 Å². The van der Waals surface area contributed by atoms with E-state index in [1.54, 1.807) is 7.11 Å². The van der Waals surface area contributed by atoms with Crippen LogP contribution in [0.1, 0.15) is 27.7 Å². The summed E-state index contributed by atoms with van der Waals surface area (Å²) in [5.74, 6) is 0. The van der Waals surface area contributed by atoms with Gasteiger partial charge in [0, 0.05) is 7.11 Å². The zero-order valence-electron chi connectivity index (χ0n) is 8.39. The van der Waals surface area contributed by atoms with Crippen molar-refractivity contribution in [1.29, 1.82) is 0 Å². The lowest BCUT2D eigenvalue weighted by atomic mass is 10.0. The highest BCUT2D eigenvalue weighted by atomic mass is 16.7. The molecule has 0 aromatic rings. The van der Waals surface area contributed by atoms with Gasteiger partial charge in [0.2, 0.25) is 0 Å². The van der Waals surface area contributed by atoms with E-state index in [0.717, 1.165) is 5.70 Å². The molecule has 0 saturated carbocycles. The Balaban J connectivity index is 2.79. The fourth-order valence-electron chi connectivity index (χ4n) is 1.000. The average Bonchev–Trinajstić information content (AvgIpc) is 2.31. The molecule has 0 amide bonds. The molecule has 0 aromatic heterocycles. The van der Waals surface area contributed by atoms with Crippen LogP contribution in [0.25, 0.3) is 0 Å². The molecule has 0 fully saturated rings. The predicted octanol–water partition coefficient (Wildman–Crippen LogP) is 1.61. The molecule has 12 heavy (non-hydrogen) atoms. The maximum Gasteiger partial charge on any atom is 0.111 e. The lowest BCUT2D eigenvalue weighted by molar-refractivity contribution is -0.0345. The second kappa shape index (κ2) is 2.75. The third-order valence-electron chi connectivity index (χ3n) is 2.07. The first-order chi connectivity index (χ1) is 5.37. The SMILES string of the molecule is COC(C)(C)C1=CC(C)(C)ON1. The molecule has 0 unspecified atom stereocenters. The summed E-state index contributed by atoms with van der Waals surface area (Å²) in [4.78, 5) is 5.32. The number of nitrogens with one attached hydrogen (secondary N) is 1. The predicted molar refractivity (Wildman–Crippen MR) is 47.5 cm³/mol. The fraction of sp³-hybridized carbons (Fsp3) is 0.778. The van der Waals surface area contributed by atoms with Gasteiger partial charge in [-0.05, 0) is 33.8 Å². The van der Waals surface area contributed by atoms with Gasteiger partial charge < -0.3 is 4.74 Å². The summed E-state index contributed by atoms with van der Waals surface area (Å²) in [6.45, 7) is 7.99. The van der Waals surface area contributed by atoms with E-state index in [1.165, 1.54) is 0 Å². The summed E-state index contributed by atoms with van der Waals surface area (Å²) in [7, 11) is 1.69. The van der Waals surface area contributed by atoms with Gasteiger partial charge in [-0.2, -0.15) is 0 Å². The molecule has 1 rings (SSSR count). The number of rotatable bonds is 2. The summed E-state index contributed by atoms with van der Waals surface area (Å²) in [6, 6.07) is 0. The summed E-state index contributed by atoms with van der Waals surface area (Å²) in [6.07, 6.45) is 2.04. The van der Waals surface area contributed by atoms with Crippen molar-refractivity contribution in [3.8, 4) is 0 Å². The Kier molecular flexibility index (Phi) is 2.19. The van der Waals surface area contributed by atoms with Gasteiger partial charge in [-0.1, -0.05) is 0 Å². The number of hydroxylamine groups is 1. The van der Waals surface area contributed by atoms with E-state index in [-0.39, 0.29) is 11.2 Å². The molecule has 0 saturated heterocycles. The van der Waals surface area contributed by atoms with Crippen LogP contribution < -0.4 is 5.48 Å². The maximum absolute atomic E-state index is 5.32. The van der Waals surface area contributed by atoms with Crippen molar-refractivity contribution < 1.29 is 9.57 Å². The molecule has 0 aromatic carbocycles. The topological polar surface area (TPSA) is 30.5 Å². The highest BCUT2D eigenvalue weighted by Crippen LogP contribution is 2.27. The quantitative estimate of drug-likeness (QED) is 0.684. The number of hydrogen-bond donors (Lipinski definition) is 1. The molecule has 0 spiro atoms. The third kappa shape index (κ3) is 1.79. The van der Waals surface area contributed by atoms with Crippen LogP contribution >= 0.6 is 0 Å². The lowest BCUT2D eigenvalue weighted by Crippen LogP contribution is -2.31. The minimum atomic E-state index is -0.298. The zero-order chi connectivity index (χ0) is 9.41. The summed E-state index contributed by atoms with van der Waals surface area (Å²) >= 11 is 0. The number of ether oxygens (including phenoxy) is 1. The molecular formula is C9H17NO2. The fourth-order valence-corrected chi connectivity index (χ4v) is 1.000. The monoisotopic (exact) mass is 171 g/mol. The van der Waals surface area contributed by atoms with Gasteiger partial charge in [-0.25, -0.2) is 0 Å². The largest absolute Gasteiger partial charge is 0.373 e. The average molecular weight is 171 g/mol. The van der Waals surface area contributed by atoms with Gasteiger partial charge in [0.05, 0.1) is 5.70 Å². The number of methoxy groups -OCH3 is 1. The molecule has 0 aliphatic carbocycles. The van der Waals surface area contributed by atoms with Crippen LogP contribution in [-0.2, 0) is 9.57 Å². The Morgan fingerprint density at radius 2 is 2.08 bits per heavy atom. The van der Waals surface area contributed by atoms with Gasteiger partial charge in [-0.15, -0.1) is 0 Å². The van der Waals surface area contributed by atoms with E-state index < -0.39 is 0 Å². The molecule has 1 N–H and O–H groups in total. The second-order valence-electron chi connectivity index (χ2n) is 4.08. The zero-order valence-corrected chi connectivity index (χ0v) is 8.39. The van der Waals surface area contributed by atoms with Crippen LogP contribution in [0.3, 0.4) is 0 Å². The summed E-state index contributed by atoms with van der Waals surface area (Å²) < 4.78 is 5.30. The Morgan fingerprint density at radius 3 is 2.42 bits per heavy atom. The van der Waals surface area contributed by atoms with Crippen molar-refractivity contribution in [2.75, 3.05) is 7.11 Å². The van der Waals surface area contributed by atoms with E-state index in [4.69, 9.17) is 9.57 Å². The molecule has 1 aliphatic rings. The first-order valence-electron chi connectivity index (χ1n) is 4.10. The minimum absolute atomic E-state index is 0.231. The van der Waals surface area contributed by atoms with Crippen LogP contribution in [0, 0.1) is 0 Å². The normalized spacial score (nSPS) is 21.9. The van der Waals surface area contributed by atoms with E-state index in [9.17, 15) is 0 Å². The van der Waals surface area contributed by atoms with Crippen LogP contribution in [0.5, 0.6) is 0 Å². The summed E-state index contributed by atoms with van der Waals surface area (Å²) in [5.41, 5.74) is 3.33. The molecule has 3 nitrogen and oxygen atoms in total. The van der Waals surface area contributed by atoms with Gasteiger partial charge in [0.15, 0.2) is 0 Å². The molecule has 0 atom stereocenters. The first-order valence-corrected chi connectivity index (χ1v) is 4.10. The van der Waals surface area contributed by atoms with Gasteiger partial charge in [-0.3, -0.25) is 10.3 Å².